The first kappa shape index (κ1) is 15.0. The molecular formula is C20H14N4OS. The standard InChI is InChI=1S/C20H14N4OS/c25-19-17-16(11-12-26-17)24-18(15-9-5-2-6-10-15)21-22-20(24)23(19)13-14-7-3-1-4-8-14/h1-12H,13H2. The summed E-state index contributed by atoms with van der Waals surface area (Å²) in [4.78, 5) is 13.0. The van der Waals surface area contributed by atoms with E-state index in [1.54, 1.807) is 4.57 Å². The largest absolute Gasteiger partial charge is 0.273 e. The van der Waals surface area contributed by atoms with Crippen LogP contribution in [0, 0.1) is 0 Å². The first-order valence-electron chi connectivity index (χ1n) is 8.27. The minimum atomic E-state index is -0.0293. The van der Waals surface area contributed by atoms with Gasteiger partial charge in [0.25, 0.3) is 5.56 Å². The molecular weight excluding hydrogens is 344 g/mol. The van der Waals surface area contributed by atoms with Crippen molar-refractivity contribution >= 4 is 27.3 Å². The van der Waals surface area contributed by atoms with Gasteiger partial charge in [0.05, 0.1) is 12.1 Å². The van der Waals surface area contributed by atoms with Gasteiger partial charge in [-0.25, -0.2) is 0 Å². The molecule has 5 rings (SSSR count). The van der Waals surface area contributed by atoms with Crippen LogP contribution in [0.4, 0.5) is 0 Å². The van der Waals surface area contributed by atoms with Gasteiger partial charge in [0.15, 0.2) is 5.82 Å². The zero-order chi connectivity index (χ0) is 17.5. The summed E-state index contributed by atoms with van der Waals surface area (Å²) in [6, 6.07) is 21.8. The minimum Gasteiger partial charge on any atom is -0.271 e. The maximum absolute atomic E-state index is 13.0. The molecule has 2 aromatic carbocycles. The number of fused-ring (bicyclic) bond motifs is 3. The fourth-order valence-electron chi connectivity index (χ4n) is 3.21. The molecule has 0 amide bonds. The molecule has 0 bridgehead atoms. The second-order valence-corrected chi connectivity index (χ2v) is 6.95. The highest BCUT2D eigenvalue weighted by atomic mass is 32.1. The molecule has 0 fully saturated rings. The summed E-state index contributed by atoms with van der Waals surface area (Å²) < 4.78 is 4.39. The molecule has 5 nitrogen and oxygen atoms in total. The number of rotatable bonds is 3. The van der Waals surface area contributed by atoms with E-state index in [4.69, 9.17) is 0 Å². The van der Waals surface area contributed by atoms with Gasteiger partial charge in [-0.3, -0.25) is 13.8 Å². The van der Waals surface area contributed by atoms with Crippen LogP contribution < -0.4 is 5.56 Å². The van der Waals surface area contributed by atoms with Gasteiger partial charge < -0.3 is 0 Å². The maximum atomic E-state index is 13.0. The van der Waals surface area contributed by atoms with Gasteiger partial charge in [-0.1, -0.05) is 60.7 Å². The zero-order valence-corrected chi connectivity index (χ0v) is 14.6. The number of nitrogens with zero attached hydrogens (tertiary/aromatic N) is 4. The van der Waals surface area contributed by atoms with Crippen LogP contribution in [-0.4, -0.2) is 19.2 Å². The van der Waals surface area contributed by atoms with Crippen molar-refractivity contribution in [2.45, 2.75) is 6.54 Å². The quantitative estimate of drug-likeness (QED) is 0.493. The third-order valence-corrected chi connectivity index (χ3v) is 5.32. The normalized spacial score (nSPS) is 11.4. The van der Waals surface area contributed by atoms with Gasteiger partial charge in [0.1, 0.15) is 4.70 Å². The van der Waals surface area contributed by atoms with Crippen LogP contribution in [0.15, 0.2) is 76.9 Å². The average Bonchev–Trinajstić information content (AvgIpc) is 3.33. The highest BCUT2D eigenvalue weighted by Gasteiger charge is 2.18. The second-order valence-electron chi connectivity index (χ2n) is 6.04. The van der Waals surface area contributed by atoms with Crippen molar-refractivity contribution in [3.05, 3.63) is 88.0 Å². The van der Waals surface area contributed by atoms with E-state index in [0.29, 0.717) is 17.0 Å². The van der Waals surface area contributed by atoms with Crippen LogP contribution in [0.5, 0.6) is 0 Å². The molecule has 6 heteroatoms. The molecule has 0 saturated carbocycles. The molecule has 0 radical (unpaired) electrons. The van der Waals surface area contributed by atoms with E-state index in [9.17, 15) is 4.79 Å². The van der Waals surface area contributed by atoms with Gasteiger partial charge >= 0.3 is 0 Å². The van der Waals surface area contributed by atoms with Crippen molar-refractivity contribution in [3.8, 4) is 11.4 Å². The molecule has 0 aliphatic carbocycles. The van der Waals surface area contributed by atoms with Crippen LogP contribution in [0.3, 0.4) is 0 Å². The van der Waals surface area contributed by atoms with Crippen LogP contribution in [0.1, 0.15) is 5.56 Å². The number of hydrogen-bond acceptors (Lipinski definition) is 4. The summed E-state index contributed by atoms with van der Waals surface area (Å²) in [6.45, 7) is 0.462. The van der Waals surface area contributed by atoms with Crippen LogP contribution in [0.25, 0.3) is 27.4 Å². The topological polar surface area (TPSA) is 52.2 Å². The van der Waals surface area contributed by atoms with Gasteiger partial charge in [-0.2, -0.15) is 0 Å². The molecule has 126 valence electrons. The molecule has 0 atom stereocenters. The Bertz CT molecular complexity index is 1270. The second kappa shape index (κ2) is 5.93. The molecule has 5 aromatic rings. The van der Waals surface area contributed by atoms with Gasteiger partial charge in [0.2, 0.25) is 5.78 Å². The Morgan fingerprint density at radius 2 is 1.62 bits per heavy atom. The summed E-state index contributed by atoms with van der Waals surface area (Å²) in [7, 11) is 0. The Balaban J connectivity index is 1.84. The lowest BCUT2D eigenvalue weighted by atomic mass is 10.2. The average molecular weight is 358 g/mol. The van der Waals surface area contributed by atoms with E-state index in [1.165, 1.54) is 11.3 Å². The number of aromatic nitrogens is 4. The van der Waals surface area contributed by atoms with E-state index in [1.807, 2.05) is 76.5 Å². The molecule has 3 aromatic heterocycles. The Morgan fingerprint density at radius 3 is 2.38 bits per heavy atom. The summed E-state index contributed by atoms with van der Waals surface area (Å²) in [5, 5.41) is 10.7. The molecule has 3 heterocycles. The SMILES string of the molecule is O=c1c2sccc2n2c(-c3ccccc3)nnc2n1Cc1ccccc1. The molecule has 0 unspecified atom stereocenters. The Hall–Kier alpha value is -3.25. The van der Waals surface area contributed by atoms with Crippen molar-refractivity contribution in [2.75, 3.05) is 0 Å². The molecule has 0 aliphatic rings. The molecule has 0 N–H and O–H groups in total. The smallest absolute Gasteiger partial charge is 0.271 e. The van der Waals surface area contributed by atoms with E-state index in [0.717, 1.165) is 22.5 Å². The Labute approximate surface area is 152 Å². The van der Waals surface area contributed by atoms with Gasteiger partial charge in [0, 0.05) is 5.56 Å². The minimum absolute atomic E-state index is 0.0293. The zero-order valence-electron chi connectivity index (χ0n) is 13.7. The van der Waals surface area contributed by atoms with Crippen LogP contribution in [-0.2, 0) is 6.54 Å². The van der Waals surface area contributed by atoms with Crippen molar-refractivity contribution in [1.82, 2.24) is 19.2 Å². The van der Waals surface area contributed by atoms with E-state index in [2.05, 4.69) is 10.2 Å². The highest BCUT2D eigenvalue weighted by molar-refractivity contribution is 7.17. The number of benzene rings is 2. The Kier molecular flexibility index (Phi) is 3.43. The number of hydrogen-bond donors (Lipinski definition) is 0. The first-order valence-corrected chi connectivity index (χ1v) is 9.15. The lowest BCUT2D eigenvalue weighted by Crippen LogP contribution is -2.23. The van der Waals surface area contributed by atoms with E-state index >= 15 is 0 Å². The lowest BCUT2D eigenvalue weighted by Gasteiger charge is -2.09. The van der Waals surface area contributed by atoms with E-state index in [-0.39, 0.29) is 5.56 Å². The van der Waals surface area contributed by atoms with Crippen molar-refractivity contribution in [3.63, 3.8) is 0 Å². The Morgan fingerprint density at radius 1 is 0.885 bits per heavy atom. The fraction of sp³-hybridized carbons (Fsp3) is 0.0500. The summed E-state index contributed by atoms with van der Waals surface area (Å²) in [5.41, 5.74) is 2.84. The molecule has 26 heavy (non-hydrogen) atoms. The van der Waals surface area contributed by atoms with Gasteiger partial charge in [-0.15, -0.1) is 21.5 Å². The van der Waals surface area contributed by atoms with Crippen molar-refractivity contribution in [1.29, 1.82) is 0 Å². The third kappa shape index (κ3) is 2.27. The maximum Gasteiger partial charge on any atom is 0.273 e. The molecule has 0 spiro atoms. The lowest BCUT2D eigenvalue weighted by molar-refractivity contribution is 0.768. The van der Waals surface area contributed by atoms with Crippen molar-refractivity contribution in [2.24, 2.45) is 0 Å². The first-order chi connectivity index (χ1) is 12.8. The molecule has 0 saturated heterocycles. The predicted octanol–water partition coefficient (Wildman–Crippen LogP) is 3.82. The summed E-state index contributed by atoms with van der Waals surface area (Å²) >= 11 is 1.45. The monoisotopic (exact) mass is 358 g/mol. The van der Waals surface area contributed by atoms with Gasteiger partial charge in [-0.05, 0) is 17.0 Å². The number of thiophene rings is 1. The molecule has 0 aliphatic heterocycles. The predicted molar refractivity (Wildman–Crippen MR) is 104 cm³/mol. The summed E-state index contributed by atoms with van der Waals surface area (Å²) in [5.74, 6) is 1.30. The summed E-state index contributed by atoms with van der Waals surface area (Å²) in [6.07, 6.45) is 0. The fourth-order valence-corrected chi connectivity index (χ4v) is 4.03. The third-order valence-electron chi connectivity index (χ3n) is 4.43. The van der Waals surface area contributed by atoms with Crippen LogP contribution >= 0.6 is 11.3 Å². The van der Waals surface area contributed by atoms with E-state index < -0.39 is 0 Å². The van der Waals surface area contributed by atoms with Crippen molar-refractivity contribution < 1.29 is 0 Å². The van der Waals surface area contributed by atoms with Crippen LogP contribution in [0.2, 0.25) is 0 Å². The highest BCUT2D eigenvalue weighted by Crippen LogP contribution is 2.25.